The molecule has 0 spiro atoms. The van der Waals surface area contributed by atoms with Crippen LogP contribution in [0.5, 0.6) is 5.75 Å². The topological polar surface area (TPSA) is 88.9 Å². The maximum atomic E-state index is 12.0. The van der Waals surface area contributed by atoms with Gasteiger partial charge < -0.3 is 19.9 Å². The number of anilines is 1. The minimum atomic E-state index is -0.912. The third-order valence-electron chi connectivity index (χ3n) is 7.35. The summed E-state index contributed by atoms with van der Waals surface area (Å²) < 4.78 is 14.1. The molecule has 0 aliphatic carbocycles. The smallest absolute Gasteiger partial charge is 0.412 e. The van der Waals surface area contributed by atoms with E-state index in [1.165, 1.54) is 4.90 Å². The molecule has 2 fully saturated rings. The van der Waals surface area contributed by atoms with Gasteiger partial charge in [-0.15, -0.1) is 0 Å². The average Bonchev–Trinajstić information content (AvgIpc) is 3.33. The standard InChI is InChI=1S/C25H34N4O4/c1-17-2-3-22-23(29(17)25(30)31)5-4-21(24(22)33-16-18-8-12-32-13-9-18)19-14-27-28(15-19)20-6-10-26-11-7-20/h4-5,14-15,17-18,20,26H,2-3,6-13,16H2,1H3,(H,30,31)/t17-/m0/s1. The van der Waals surface area contributed by atoms with Crippen LogP contribution in [-0.2, 0) is 11.2 Å². The summed E-state index contributed by atoms with van der Waals surface area (Å²) in [6.45, 7) is 6.18. The molecule has 1 aromatic carbocycles. The molecule has 0 radical (unpaired) electrons. The Bertz CT molecular complexity index is 979. The zero-order chi connectivity index (χ0) is 22.8. The lowest BCUT2D eigenvalue weighted by Crippen LogP contribution is -2.41. The summed E-state index contributed by atoms with van der Waals surface area (Å²) in [6, 6.07) is 4.31. The summed E-state index contributed by atoms with van der Waals surface area (Å²) in [5.74, 6) is 1.28. The zero-order valence-corrected chi connectivity index (χ0v) is 19.3. The quantitative estimate of drug-likeness (QED) is 0.707. The first-order chi connectivity index (χ1) is 16.1. The van der Waals surface area contributed by atoms with E-state index in [-0.39, 0.29) is 6.04 Å². The number of piperidine rings is 1. The number of benzene rings is 1. The van der Waals surface area contributed by atoms with Gasteiger partial charge in [-0.05, 0) is 76.6 Å². The van der Waals surface area contributed by atoms with Gasteiger partial charge in [0.15, 0.2) is 0 Å². The van der Waals surface area contributed by atoms with E-state index in [0.29, 0.717) is 18.6 Å². The van der Waals surface area contributed by atoms with Crippen LogP contribution in [0.1, 0.15) is 50.6 Å². The number of ether oxygens (including phenoxy) is 2. The third kappa shape index (κ3) is 4.59. The Kier molecular flexibility index (Phi) is 6.55. The molecule has 0 unspecified atom stereocenters. The number of aromatic nitrogens is 2. The molecule has 8 nitrogen and oxygen atoms in total. The summed E-state index contributed by atoms with van der Waals surface area (Å²) in [7, 11) is 0. The number of carboxylic acid groups (broad SMARTS) is 1. The molecular formula is C25H34N4O4. The van der Waals surface area contributed by atoms with Crippen molar-refractivity contribution in [3.05, 3.63) is 30.1 Å². The van der Waals surface area contributed by atoms with E-state index in [9.17, 15) is 9.90 Å². The van der Waals surface area contributed by atoms with Gasteiger partial charge in [-0.2, -0.15) is 5.10 Å². The monoisotopic (exact) mass is 454 g/mol. The van der Waals surface area contributed by atoms with Gasteiger partial charge in [-0.3, -0.25) is 9.58 Å². The number of fused-ring (bicyclic) bond motifs is 1. The van der Waals surface area contributed by atoms with E-state index < -0.39 is 6.09 Å². The number of carbonyl (C=O) groups is 1. The summed E-state index contributed by atoms with van der Waals surface area (Å²) >= 11 is 0. The Morgan fingerprint density at radius 2 is 2.00 bits per heavy atom. The highest BCUT2D eigenvalue weighted by molar-refractivity contribution is 5.91. The molecule has 5 rings (SSSR count). The highest BCUT2D eigenvalue weighted by Gasteiger charge is 2.32. The molecule has 178 valence electrons. The summed E-state index contributed by atoms with van der Waals surface area (Å²) in [5.41, 5.74) is 3.77. The lowest BCUT2D eigenvalue weighted by atomic mass is 9.92. The highest BCUT2D eigenvalue weighted by Crippen LogP contribution is 2.43. The van der Waals surface area contributed by atoms with Crippen LogP contribution in [0.2, 0.25) is 0 Å². The van der Waals surface area contributed by atoms with Gasteiger partial charge in [0.1, 0.15) is 5.75 Å². The first kappa shape index (κ1) is 22.2. The van der Waals surface area contributed by atoms with Crippen molar-refractivity contribution in [1.29, 1.82) is 0 Å². The molecule has 0 bridgehead atoms. The Morgan fingerprint density at radius 3 is 2.76 bits per heavy atom. The maximum absolute atomic E-state index is 12.0. The second kappa shape index (κ2) is 9.73. The van der Waals surface area contributed by atoms with Crippen LogP contribution in [0.15, 0.2) is 24.5 Å². The largest absolute Gasteiger partial charge is 0.492 e. The SMILES string of the molecule is C[C@H]1CCc2c(ccc(-c3cnn(C4CCNCC4)c3)c2OCC2CCOCC2)N1C(=O)O. The molecule has 1 atom stereocenters. The van der Waals surface area contributed by atoms with Crippen LogP contribution in [0.3, 0.4) is 0 Å². The molecule has 4 heterocycles. The van der Waals surface area contributed by atoms with Crippen molar-refractivity contribution >= 4 is 11.8 Å². The van der Waals surface area contributed by atoms with Gasteiger partial charge in [-0.25, -0.2) is 4.79 Å². The van der Waals surface area contributed by atoms with Crippen molar-refractivity contribution in [2.24, 2.45) is 5.92 Å². The Labute approximate surface area is 194 Å². The third-order valence-corrected chi connectivity index (χ3v) is 7.35. The van der Waals surface area contributed by atoms with Crippen LogP contribution in [0.4, 0.5) is 10.5 Å². The number of amides is 1. The first-order valence-corrected chi connectivity index (χ1v) is 12.3. The fraction of sp³-hybridized carbons (Fsp3) is 0.600. The van der Waals surface area contributed by atoms with Gasteiger partial charge in [0.25, 0.3) is 0 Å². The van der Waals surface area contributed by atoms with Crippen molar-refractivity contribution in [1.82, 2.24) is 15.1 Å². The molecule has 3 aliphatic rings. The average molecular weight is 455 g/mol. The molecule has 2 aromatic rings. The van der Waals surface area contributed by atoms with Gasteiger partial charge in [-0.1, -0.05) is 0 Å². The second-order valence-electron chi connectivity index (χ2n) is 9.54. The van der Waals surface area contributed by atoms with Gasteiger partial charge in [0.05, 0.1) is 24.5 Å². The Hall–Kier alpha value is -2.58. The van der Waals surface area contributed by atoms with Crippen molar-refractivity contribution in [3.63, 3.8) is 0 Å². The van der Waals surface area contributed by atoms with Crippen LogP contribution >= 0.6 is 0 Å². The summed E-state index contributed by atoms with van der Waals surface area (Å²) in [6.07, 6.45) is 8.86. The van der Waals surface area contributed by atoms with Crippen molar-refractivity contribution in [2.75, 3.05) is 37.8 Å². The molecule has 3 aliphatic heterocycles. The zero-order valence-electron chi connectivity index (χ0n) is 19.3. The molecule has 8 heteroatoms. The van der Waals surface area contributed by atoms with Crippen molar-refractivity contribution in [2.45, 2.75) is 57.5 Å². The van der Waals surface area contributed by atoms with E-state index in [1.54, 1.807) is 0 Å². The fourth-order valence-electron chi connectivity index (χ4n) is 5.35. The molecule has 1 aromatic heterocycles. The predicted octanol–water partition coefficient (Wildman–Crippen LogP) is 4.10. The van der Waals surface area contributed by atoms with Crippen LogP contribution < -0.4 is 15.0 Å². The van der Waals surface area contributed by atoms with E-state index in [4.69, 9.17) is 9.47 Å². The van der Waals surface area contributed by atoms with Crippen molar-refractivity contribution in [3.8, 4) is 16.9 Å². The number of rotatable bonds is 5. The molecular weight excluding hydrogens is 420 g/mol. The minimum absolute atomic E-state index is 0.0492. The van der Waals surface area contributed by atoms with E-state index in [1.807, 2.05) is 25.3 Å². The fourth-order valence-corrected chi connectivity index (χ4v) is 5.35. The van der Waals surface area contributed by atoms with Gasteiger partial charge in [0.2, 0.25) is 0 Å². The van der Waals surface area contributed by atoms with E-state index >= 15 is 0 Å². The number of hydrogen-bond donors (Lipinski definition) is 2. The molecule has 1 amide bonds. The number of hydrogen-bond acceptors (Lipinski definition) is 5. The first-order valence-electron chi connectivity index (χ1n) is 12.3. The molecule has 33 heavy (non-hydrogen) atoms. The maximum Gasteiger partial charge on any atom is 0.412 e. The summed E-state index contributed by atoms with van der Waals surface area (Å²) in [4.78, 5) is 13.5. The van der Waals surface area contributed by atoms with Gasteiger partial charge in [0, 0.05) is 42.1 Å². The van der Waals surface area contributed by atoms with E-state index in [0.717, 1.165) is 93.0 Å². The summed E-state index contributed by atoms with van der Waals surface area (Å²) in [5, 5.41) is 18.0. The second-order valence-corrected chi connectivity index (χ2v) is 9.54. The molecule has 2 N–H and O–H groups in total. The lowest BCUT2D eigenvalue weighted by molar-refractivity contribution is 0.0497. The lowest BCUT2D eigenvalue weighted by Gasteiger charge is -2.35. The Morgan fingerprint density at radius 1 is 1.21 bits per heavy atom. The molecule has 2 saturated heterocycles. The normalized spacial score (nSPS) is 22.2. The van der Waals surface area contributed by atoms with Crippen LogP contribution in [0.25, 0.3) is 11.1 Å². The number of nitrogens with one attached hydrogen (secondary N) is 1. The van der Waals surface area contributed by atoms with Crippen LogP contribution in [-0.4, -0.2) is 59.9 Å². The predicted molar refractivity (Wildman–Crippen MR) is 126 cm³/mol. The molecule has 0 saturated carbocycles. The highest BCUT2D eigenvalue weighted by atomic mass is 16.5. The Balaban J connectivity index is 1.50. The van der Waals surface area contributed by atoms with E-state index in [2.05, 4.69) is 21.3 Å². The minimum Gasteiger partial charge on any atom is -0.492 e. The number of nitrogens with zero attached hydrogens (tertiary/aromatic N) is 3. The van der Waals surface area contributed by atoms with Crippen LogP contribution in [0, 0.1) is 5.92 Å². The van der Waals surface area contributed by atoms with Gasteiger partial charge >= 0.3 is 6.09 Å². The van der Waals surface area contributed by atoms with Crippen molar-refractivity contribution < 1.29 is 19.4 Å².